The van der Waals surface area contributed by atoms with Crippen molar-refractivity contribution in [3.63, 3.8) is 0 Å². The smallest absolute Gasteiger partial charge is 0.238 e. The number of rotatable bonds is 5. The fourth-order valence-corrected chi connectivity index (χ4v) is 4.75. The summed E-state index contributed by atoms with van der Waals surface area (Å²) >= 11 is 0. The summed E-state index contributed by atoms with van der Waals surface area (Å²) in [6.07, 6.45) is 3.68. The molecule has 5 heteroatoms. The molecule has 1 amide bonds. The summed E-state index contributed by atoms with van der Waals surface area (Å²) in [5, 5.41) is 16.8. The topological polar surface area (TPSA) is 78.1 Å². The van der Waals surface area contributed by atoms with Gasteiger partial charge in [-0.1, -0.05) is 36.4 Å². The second kappa shape index (κ2) is 7.38. The van der Waals surface area contributed by atoms with Crippen molar-refractivity contribution in [1.29, 1.82) is 5.26 Å². The van der Waals surface area contributed by atoms with Gasteiger partial charge in [0.15, 0.2) is 0 Å². The summed E-state index contributed by atoms with van der Waals surface area (Å²) in [4.78, 5) is 12.6. The van der Waals surface area contributed by atoms with Crippen LogP contribution in [0.25, 0.3) is 22.1 Å². The molecule has 2 aromatic carbocycles. The maximum absolute atomic E-state index is 12.6. The summed E-state index contributed by atoms with van der Waals surface area (Å²) in [5.41, 5.74) is 3.06. The summed E-state index contributed by atoms with van der Waals surface area (Å²) in [6.45, 7) is 0. The van der Waals surface area contributed by atoms with Gasteiger partial charge in [0.25, 0.3) is 0 Å². The fraction of sp³-hybridized carbons (Fsp3) is 0.333. The second-order valence-electron chi connectivity index (χ2n) is 8.14. The highest BCUT2D eigenvalue weighted by molar-refractivity contribution is 5.85. The molecule has 0 radical (unpaired) electrons. The van der Waals surface area contributed by atoms with E-state index in [4.69, 9.17) is 4.42 Å². The van der Waals surface area contributed by atoms with Crippen LogP contribution in [-0.4, -0.2) is 24.0 Å². The quantitative estimate of drug-likeness (QED) is 0.700. The van der Waals surface area contributed by atoms with Crippen LogP contribution in [0.5, 0.6) is 0 Å². The van der Waals surface area contributed by atoms with Gasteiger partial charge in [0.1, 0.15) is 17.4 Å². The number of nitrogens with one attached hydrogen (secondary N) is 2. The van der Waals surface area contributed by atoms with Crippen LogP contribution in [0.2, 0.25) is 0 Å². The zero-order chi connectivity index (χ0) is 19.8. The lowest BCUT2D eigenvalue weighted by Gasteiger charge is -2.23. The predicted molar refractivity (Wildman–Crippen MR) is 111 cm³/mol. The van der Waals surface area contributed by atoms with Crippen molar-refractivity contribution in [2.24, 2.45) is 5.92 Å². The Hall–Kier alpha value is -3.10. The number of fused-ring (bicyclic) bond motifs is 3. The van der Waals surface area contributed by atoms with Crippen LogP contribution in [-0.2, 0) is 11.2 Å². The zero-order valence-electron chi connectivity index (χ0n) is 16.1. The standard InChI is InChI=1S/C24H23N3O2/c25-14-20(27-24(28)23-17-6-8-19(11-17)26-23)13-21-12-18-10-16(7-9-22(18)29-21)15-4-2-1-3-5-15/h1-5,7,9-10,12,17,19-20,23,26H,6,8,11,13H2,(H,27,28)/t17-,19-,20?,23-/m0/s1. The van der Waals surface area contributed by atoms with Gasteiger partial charge in [-0.05, 0) is 54.5 Å². The van der Waals surface area contributed by atoms with Gasteiger partial charge in [0, 0.05) is 17.8 Å². The van der Waals surface area contributed by atoms with Crippen LogP contribution in [0.15, 0.2) is 59.0 Å². The molecule has 146 valence electrons. The first-order chi connectivity index (χ1) is 14.2. The lowest BCUT2D eigenvalue weighted by molar-refractivity contribution is -0.124. The molecule has 2 N–H and O–H groups in total. The molecule has 29 heavy (non-hydrogen) atoms. The van der Waals surface area contributed by atoms with Gasteiger partial charge in [-0.2, -0.15) is 5.26 Å². The molecular weight excluding hydrogens is 362 g/mol. The van der Waals surface area contributed by atoms with Gasteiger partial charge in [0.2, 0.25) is 5.91 Å². The second-order valence-corrected chi connectivity index (χ2v) is 8.14. The van der Waals surface area contributed by atoms with Crippen LogP contribution in [0.4, 0.5) is 0 Å². The SMILES string of the molecule is N#CC(Cc1cc2cc(-c3ccccc3)ccc2o1)NC(=O)[C@H]1N[C@H]2CC[C@H]1C2. The minimum absolute atomic E-state index is 0.0637. The molecule has 4 atom stereocenters. The Morgan fingerprint density at radius 1 is 1.17 bits per heavy atom. The molecule has 5 nitrogen and oxygen atoms in total. The molecule has 2 aliphatic rings. The van der Waals surface area contributed by atoms with E-state index in [1.54, 1.807) is 0 Å². The number of benzene rings is 2. The van der Waals surface area contributed by atoms with Crippen molar-refractivity contribution in [1.82, 2.24) is 10.6 Å². The summed E-state index contributed by atoms with van der Waals surface area (Å²) in [6, 6.07) is 20.2. The van der Waals surface area contributed by atoms with E-state index < -0.39 is 6.04 Å². The van der Waals surface area contributed by atoms with Crippen molar-refractivity contribution >= 4 is 16.9 Å². The van der Waals surface area contributed by atoms with Gasteiger partial charge in [-0.15, -0.1) is 0 Å². The number of nitriles is 1. The Bertz CT molecular complexity index is 1080. The monoisotopic (exact) mass is 385 g/mol. The zero-order valence-corrected chi connectivity index (χ0v) is 16.1. The number of carbonyl (C=O) groups excluding carboxylic acids is 1. The largest absolute Gasteiger partial charge is 0.461 e. The van der Waals surface area contributed by atoms with Crippen LogP contribution in [0.3, 0.4) is 0 Å². The highest BCUT2D eigenvalue weighted by Gasteiger charge is 2.43. The molecule has 1 aliphatic carbocycles. The Kier molecular flexibility index (Phi) is 4.57. The summed E-state index contributed by atoms with van der Waals surface area (Å²) < 4.78 is 5.93. The van der Waals surface area contributed by atoms with Crippen molar-refractivity contribution in [2.45, 2.75) is 43.8 Å². The number of hydrogen-bond donors (Lipinski definition) is 2. The number of nitrogens with zero attached hydrogens (tertiary/aromatic N) is 1. The molecule has 2 heterocycles. The number of hydrogen-bond acceptors (Lipinski definition) is 4. The molecule has 3 aromatic rings. The van der Waals surface area contributed by atoms with Crippen molar-refractivity contribution < 1.29 is 9.21 Å². The van der Waals surface area contributed by atoms with E-state index in [-0.39, 0.29) is 11.9 Å². The van der Waals surface area contributed by atoms with Gasteiger partial charge in [-0.25, -0.2) is 0 Å². The lowest BCUT2D eigenvalue weighted by atomic mass is 9.99. The highest BCUT2D eigenvalue weighted by atomic mass is 16.3. The average Bonchev–Trinajstić information content (AvgIpc) is 3.48. The fourth-order valence-electron chi connectivity index (χ4n) is 4.75. The number of amides is 1. The first-order valence-corrected chi connectivity index (χ1v) is 10.2. The van der Waals surface area contributed by atoms with Crippen LogP contribution < -0.4 is 10.6 Å². The maximum Gasteiger partial charge on any atom is 0.238 e. The van der Waals surface area contributed by atoms with E-state index in [1.165, 1.54) is 0 Å². The minimum atomic E-state index is -0.599. The molecule has 5 rings (SSSR count). The number of piperidine rings is 1. The van der Waals surface area contributed by atoms with Crippen LogP contribution in [0.1, 0.15) is 25.0 Å². The van der Waals surface area contributed by atoms with Gasteiger partial charge in [-0.3, -0.25) is 4.79 Å². The van der Waals surface area contributed by atoms with Crippen LogP contribution >= 0.6 is 0 Å². The third-order valence-electron chi connectivity index (χ3n) is 6.19. The molecule has 0 spiro atoms. The van der Waals surface area contributed by atoms with E-state index in [2.05, 4.69) is 34.9 Å². The third-order valence-corrected chi connectivity index (χ3v) is 6.19. The first-order valence-electron chi connectivity index (χ1n) is 10.2. The van der Waals surface area contributed by atoms with E-state index in [1.807, 2.05) is 36.4 Å². The molecule has 2 fully saturated rings. The van der Waals surface area contributed by atoms with Gasteiger partial charge < -0.3 is 15.1 Å². The molecule has 1 aliphatic heterocycles. The summed E-state index contributed by atoms with van der Waals surface area (Å²) in [5.74, 6) is 1.05. The molecule has 1 saturated heterocycles. The van der Waals surface area contributed by atoms with Crippen LogP contribution in [0, 0.1) is 17.2 Å². The van der Waals surface area contributed by atoms with Gasteiger partial charge in [0.05, 0.1) is 12.1 Å². The van der Waals surface area contributed by atoms with Crippen molar-refractivity contribution in [3.8, 4) is 17.2 Å². The summed E-state index contributed by atoms with van der Waals surface area (Å²) in [7, 11) is 0. The molecule has 2 bridgehead atoms. The Balaban J connectivity index is 1.30. The number of furan rings is 1. The normalized spacial score (nSPS) is 23.8. The highest BCUT2D eigenvalue weighted by Crippen LogP contribution is 2.35. The first kappa shape index (κ1) is 18.0. The van der Waals surface area contributed by atoms with E-state index in [0.29, 0.717) is 24.1 Å². The number of carbonyl (C=O) groups is 1. The van der Waals surface area contributed by atoms with Gasteiger partial charge >= 0.3 is 0 Å². The van der Waals surface area contributed by atoms with E-state index >= 15 is 0 Å². The van der Waals surface area contributed by atoms with Crippen molar-refractivity contribution in [2.75, 3.05) is 0 Å². The Morgan fingerprint density at radius 3 is 2.76 bits per heavy atom. The van der Waals surface area contributed by atoms with E-state index in [9.17, 15) is 10.1 Å². The molecule has 1 saturated carbocycles. The Labute approximate surface area is 169 Å². The van der Waals surface area contributed by atoms with Crippen molar-refractivity contribution in [3.05, 3.63) is 60.4 Å². The molecule has 1 aromatic heterocycles. The Morgan fingerprint density at radius 2 is 2.03 bits per heavy atom. The molecular formula is C24H23N3O2. The molecule has 1 unspecified atom stereocenters. The maximum atomic E-state index is 12.6. The predicted octanol–water partition coefficient (Wildman–Crippen LogP) is 3.79. The van der Waals surface area contributed by atoms with E-state index in [0.717, 1.165) is 41.4 Å². The minimum Gasteiger partial charge on any atom is -0.461 e. The third kappa shape index (κ3) is 3.52. The average molecular weight is 385 g/mol. The lowest BCUT2D eigenvalue weighted by Crippen LogP contribution is -2.50.